The molecule has 0 amide bonds. The molecule has 8 heteroatoms. The Morgan fingerprint density at radius 1 is 1.60 bits per heavy atom. The van der Waals surface area contributed by atoms with Crippen molar-refractivity contribution in [2.45, 2.75) is 26.8 Å². The molecule has 0 bridgehead atoms. The first-order chi connectivity index (χ1) is 9.54. The van der Waals surface area contributed by atoms with Crippen molar-refractivity contribution in [2.24, 2.45) is 7.05 Å². The third-order valence-corrected chi connectivity index (χ3v) is 3.69. The minimum atomic E-state index is -0.355. The number of nitrogens with zero attached hydrogens (tertiary/aromatic N) is 4. The molecule has 1 N–H and O–H groups in total. The SMILES string of the molecule is CCOC(=O)c1c(C)nsc1NC(C)c1nncn1C. The number of hydrogen-bond acceptors (Lipinski definition) is 7. The predicted octanol–water partition coefficient (Wildman–Crippen LogP) is 1.93. The predicted molar refractivity (Wildman–Crippen MR) is 75.8 cm³/mol. The van der Waals surface area contributed by atoms with Gasteiger partial charge in [-0.25, -0.2) is 4.79 Å². The van der Waals surface area contributed by atoms with Gasteiger partial charge in [0, 0.05) is 7.05 Å². The molecule has 1 unspecified atom stereocenters. The van der Waals surface area contributed by atoms with Crippen LogP contribution in [0.1, 0.15) is 41.8 Å². The van der Waals surface area contributed by atoms with Gasteiger partial charge in [0.25, 0.3) is 0 Å². The van der Waals surface area contributed by atoms with Gasteiger partial charge >= 0.3 is 5.97 Å². The molecule has 0 aromatic carbocycles. The first kappa shape index (κ1) is 14.4. The Labute approximate surface area is 121 Å². The Kier molecular flexibility index (Phi) is 4.33. The van der Waals surface area contributed by atoms with Gasteiger partial charge in [0.05, 0.1) is 18.3 Å². The largest absolute Gasteiger partial charge is 0.462 e. The number of aryl methyl sites for hydroxylation is 2. The molecule has 1 atom stereocenters. The summed E-state index contributed by atoms with van der Waals surface area (Å²) in [6.07, 6.45) is 1.64. The van der Waals surface area contributed by atoms with Gasteiger partial charge in [-0.2, -0.15) is 4.37 Å². The Morgan fingerprint density at radius 2 is 2.35 bits per heavy atom. The van der Waals surface area contributed by atoms with Crippen molar-refractivity contribution in [3.8, 4) is 0 Å². The number of carbonyl (C=O) groups is 1. The third-order valence-electron chi connectivity index (χ3n) is 2.82. The van der Waals surface area contributed by atoms with Crippen molar-refractivity contribution in [2.75, 3.05) is 11.9 Å². The molecule has 0 aliphatic heterocycles. The second-order valence-electron chi connectivity index (χ2n) is 4.36. The van der Waals surface area contributed by atoms with E-state index in [2.05, 4.69) is 19.9 Å². The van der Waals surface area contributed by atoms with Gasteiger partial charge in [0.1, 0.15) is 16.9 Å². The number of ether oxygens (including phenoxy) is 1. The Bertz CT molecular complexity index is 607. The number of nitrogens with one attached hydrogen (secondary N) is 1. The fourth-order valence-corrected chi connectivity index (χ4v) is 2.73. The second-order valence-corrected chi connectivity index (χ2v) is 5.13. The quantitative estimate of drug-likeness (QED) is 0.849. The average Bonchev–Trinajstić information content (AvgIpc) is 2.96. The summed E-state index contributed by atoms with van der Waals surface area (Å²) in [5, 5.41) is 11.8. The van der Waals surface area contributed by atoms with Gasteiger partial charge in [-0.1, -0.05) is 0 Å². The lowest BCUT2D eigenvalue weighted by atomic mass is 10.2. The smallest absolute Gasteiger partial charge is 0.343 e. The van der Waals surface area contributed by atoms with E-state index in [1.807, 2.05) is 18.5 Å². The van der Waals surface area contributed by atoms with Crippen LogP contribution in [0.25, 0.3) is 0 Å². The van der Waals surface area contributed by atoms with Crippen molar-refractivity contribution in [1.29, 1.82) is 0 Å². The van der Waals surface area contributed by atoms with E-state index < -0.39 is 0 Å². The van der Waals surface area contributed by atoms with Crippen molar-refractivity contribution in [1.82, 2.24) is 19.1 Å². The highest BCUT2D eigenvalue weighted by molar-refractivity contribution is 7.10. The molecule has 0 aliphatic carbocycles. The minimum Gasteiger partial charge on any atom is -0.462 e. The highest BCUT2D eigenvalue weighted by atomic mass is 32.1. The molecule has 2 rings (SSSR count). The third kappa shape index (κ3) is 2.79. The van der Waals surface area contributed by atoms with Crippen molar-refractivity contribution in [3.05, 3.63) is 23.4 Å². The molecule has 20 heavy (non-hydrogen) atoms. The molecule has 0 radical (unpaired) electrons. The fourth-order valence-electron chi connectivity index (χ4n) is 1.86. The lowest BCUT2D eigenvalue weighted by Gasteiger charge is -2.13. The van der Waals surface area contributed by atoms with Crippen molar-refractivity contribution >= 4 is 22.5 Å². The summed E-state index contributed by atoms with van der Waals surface area (Å²) in [6.45, 7) is 5.86. The van der Waals surface area contributed by atoms with Crippen LogP contribution in [0.5, 0.6) is 0 Å². The first-order valence-electron chi connectivity index (χ1n) is 6.28. The molecular weight excluding hydrogens is 278 g/mol. The lowest BCUT2D eigenvalue weighted by molar-refractivity contribution is 0.0527. The first-order valence-corrected chi connectivity index (χ1v) is 7.05. The van der Waals surface area contributed by atoms with E-state index in [1.54, 1.807) is 20.2 Å². The van der Waals surface area contributed by atoms with Crippen LogP contribution in [0.3, 0.4) is 0 Å². The van der Waals surface area contributed by atoms with Crippen LogP contribution >= 0.6 is 11.5 Å². The molecule has 0 spiro atoms. The topological polar surface area (TPSA) is 81.9 Å². The van der Waals surface area contributed by atoms with E-state index in [0.29, 0.717) is 22.9 Å². The van der Waals surface area contributed by atoms with E-state index in [4.69, 9.17) is 4.74 Å². The summed E-state index contributed by atoms with van der Waals surface area (Å²) in [5.74, 6) is 0.428. The molecule has 0 saturated heterocycles. The van der Waals surface area contributed by atoms with Gasteiger partial charge < -0.3 is 14.6 Å². The van der Waals surface area contributed by atoms with E-state index in [1.165, 1.54) is 11.5 Å². The van der Waals surface area contributed by atoms with E-state index in [9.17, 15) is 4.79 Å². The summed E-state index contributed by atoms with van der Waals surface area (Å²) >= 11 is 1.24. The van der Waals surface area contributed by atoms with Gasteiger partial charge in [0.15, 0.2) is 5.82 Å². The summed E-state index contributed by atoms with van der Waals surface area (Å²) in [6, 6.07) is -0.0875. The van der Waals surface area contributed by atoms with Gasteiger partial charge in [0.2, 0.25) is 0 Å². The normalized spacial score (nSPS) is 12.2. The van der Waals surface area contributed by atoms with Crippen molar-refractivity contribution < 1.29 is 9.53 Å². The van der Waals surface area contributed by atoms with Crippen LogP contribution in [0.15, 0.2) is 6.33 Å². The van der Waals surface area contributed by atoms with Gasteiger partial charge in [-0.3, -0.25) is 0 Å². The maximum Gasteiger partial charge on any atom is 0.343 e. The number of anilines is 1. The number of rotatable bonds is 5. The molecule has 2 aromatic heterocycles. The maximum absolute atomic E-state index is 12.0. The Hall–Kier alpha value is -1.96. The molecule has 2 aromatic rings. The van der Waals surface area contributed by atoms with E-state index in [0.717, 1.165) is 5.82 Å². The highest BCUT2D eigenvalue weighted by Gasteiger charge is 2.22. The van der Waals surface area contributed by atoms with Crippen LogP contribution < -0.4 is 5.32 Å². The lowest BCUT2D eigenvalue weighted by Crippen LogP contribution is -2.14. The molecule has 0 fully saturated rings. The number of aromatic nitrogens is 4. The number of carbonyl (C=O) groups excluding carboxylic acids is 1. The molecule has 2 heterocycles. The second kappa shape index (κ2) is 6.00. The van der Waals surface area contributed by atoms with Crippen molar-refractivity contribution in [3.63, 3.8) is 0 Å². The summed E-state index contributed by atoms with van der Waals surface area (Å²) in [4.78, 5) is 12.0. The van der Waals surface area contributed by atoms with Gasteiger partial charge in [-0.05, 0) is 32.3 Å². The average molecular weight is 295 g/mol. The molecule has 0 saturated carbocycles. The number of esters is 1. The molecular formula is C12H17N5O2S. The minimum absolute atomic E-state index is 0.0875. The fraction of sp³-hybridized carbons (Fsp3) is 0.500. The molecule has 0 aliphatic rings. The Balaban J connectivity index is 2.22. The van der Waals surface area contributed by atoms with Crippen LogP contribution in [0.2, 0.25) is 0 Å². The van der Waals surface area contributed by atoms with E-state index in [-0.39, 0.29) is 12.0 Å². The number of hydrogen-bond donors (Lipinski definition) is 1. The highest BCUT2D eigenvalue weighted by Crippen LogP contribution is 2.28. The molecule has 7 nitrogen and oxygen atoms in total. The van der Waals surface area contributed by atoms with Crippen LogP contribution in [-0.4, -0.2) is 31.7 Å². The van der Waals surface area contributed by atoms with Crippen LogP contribution in [-0.2, 0) is 11.8 Å². The standard InChI is InChI=1S/C12H17N5O2S/c1-5-19-12(18)9-7(2)16-20-11(9)14-8(3)10-15-13-6-17(10)4/h6,8,14H,5H2,1-4H3. The monoisotopic (exact) mass is 295 g/mol. The van der Waals surface area contributed by atoms with Crippen LogP contribution in [0, 0.1) is 6.92 Å². The summed E-state index contributed by atoms with van der Waals surface area (Å²) < 4.78 is 11.1. The van der Waals surface area contributed by atoms with Gasteiger partial charge in [-0.15, -0.1) is 10.2 Å². The summed E-state index contributed by atoms with van der Waals surface area (Å²) in [7, 11) is 1.87. The Morgan fingerprint density at radius 3 is 2.95 bits per heavy atom. The maximum atomic E-state index is 12.0. The zero-order valence-electron chi connectivity index (χ0n) is 11.9. The molecule has 108 valence electrons. The van der Waals surface area contributed by atoms with Crippen LogP contribution in [0.4, 0.5) is 5.00 Å². The zero-order valence-corrected chi connectivity index (χ0v) is 12.7. The summed E-state index contributed by atoms with van der Waals surface area (Å²) in [5.41, 5.74) is 1.16. The van der Waals surface area contributed by atoms with E-state index >= 15 is 0 Å². The zero-order chi connectivity index (χ0) is 14.7.